The van der Waals surface area contributed by atoms with Gasteiger partial charge >= 0.3 is 0 Å². The van der Waals surface area contributed by atoms with Gasteiger partial charge in [0.05, 0.1) is 19.2 Å². The number of nitrogens with zero attached hydrogens (tertiary/aromatic N) is 2. The van der Waals surface area contributed by atoms with Crippen LogP contribution in [0.5, 0.6) is 11.6 Å². The SMILES string of the molecule is COc1ccc(F)cc1S(=O)(=O)N1CC[C@H](Oc2ccc3ccccc3n2)C1. The Morgan fingerprint density at radius 2 is 1.96 bits per heavy atom. The summed E-state index contributed by atoms with van der Waals surface area (Å²) in [6.07, 6.45) is 0.189. The first-order valence-corrected chi connectivity index (χ1v) is 10.3. The molecule has 1 aromatic heterocycles. The smallest absolute Gasteiger partial charge is 0.246 e. The quantitative estimate of drug-likeness (QED) is 0.655. The van der Waals surface area contributed by atoms with Crippen LogP contribution in [0.1, 0.15) is 6.42 Å². The number of rotatable bonds is 5. The summed E-state index contributed by atoms with van der Waals surface area (Å²) in [5.41, 5.74) is 0.812. The van der Waals surface area contributed by atoms with E-state index < -0.39 is 15.8 Å². The van der Waals surface area contributed by atoms with E-state index in [2.05, 4.69) is 4.98 Å². The summed E-state index contributed by atoms with van der Waals surface area (Å²) in [5.74, 6) is -0.0695. The Morgan fingerprint density at radius 1 is 1.14 bits per heavy atom. The second kappa shape index (κ2) is 7.37. The highest BCUT2D eigenvalue weighted by Gasteiger charge is 2.35. The average Bonchev–Trinajstić information content (AvgIpc) is 3.17. The Morgan fingerprint density at radius 3 is 2.79 bits per heavy atom. The molecule has 0 unspecified atom stereocenters. The Hall–Kier alpha value is -2.71. The number of ether oxygens (including phenoxy) is 2. The lowest BCUT2D eigenvalue weighted by Gasteiger charge is -2.18. The van der Waals surface area contributed by atoms with Gasteiger partial charge in [-0.1, -0.05) is 18.2 Å². The fraction of sp³-hybridized carbons (Fsp3) is 0.250. The molecule has 0 saturated carbocycles. The van der Waals surface area contributed by atoms with Gasteiger partial charge in [-0.15, -0.1) is 0 Å². The van der Waals surface area contributed by atoms with Crippen LogP contribution in [0.25, 0.3) is 10.9 Å². The molecule has 2 aromatic carbocycles. The molecule has 1 fully saturated rings. The number of benzene rings is 2. The molecule has 0 N–H and O–H groups in total. The second-order valence-electron chi connectivity index (χ2n) is 6.53. The molecule has 146 valence electrons. The van der Waals surface area contributed by atoms with E-state index in [1.165, 1.54) is 23.5 Å². The maximum atomic E-state index is 13.6. The highest BCUT2D eigenvalue weighted by Crippen LogP contribution is 2.30. The van der Waals surface area contributed by atoms with E-state index in [0.29, 0.717) is 12.3 Å². The van der Waals surface area contributed by atoms with Crippen LogP contribution >= 0.6 is 0 Å². The predicted molar refractivity (Wildman–Crippen MR) is 102 cm³/mol. The van der Waals surface area contributed by atoms with E-state index in [9.17, 15) is 12.8 Å². The van der Waals surface area contributed by atoms with Crippen molar-refractivity contribution in [2.75, 3.05) is 20.2 Å². The third kappa shape index (κ3) is 3.53. The van der Waals surface area contributed by atoms with Gasteiger partial charge in [0.15, 0.2) is 0 Å². The second-order valence-corrected chi connectivity index (χ2v) is 8.44. The first-order valence-electron chi connectivity index (χ1n) is 8.83. The molecule has 0 radical (unpaired) electrons. The fourth-order valence-corrected chi connectivity index (χ4v) is 4.94. The average molecular weight is 402 g/mol. The number of aromatic nitrogens is 1. The summed E-state index contributed by atoms with van der Waals surface area (Å²) in [4.78, 5) is 4.28. The van der Waals surface area contributed by atoms with Crippen molar-refractivity contribution in [2.45, 2.75) is 17.4 Å². The maximum absolute atomic E-state index is 13.6. The molecule has 1 aliphatic rings. The van der Waals surface area contributed by atoms with Crippen LogP contribution in [0.15, 0.2) is 59.5 Å². The van der Waals surface area contributed by atoms with Gasteiger partial charge in [0.25, 0.3) is 0 Å². The molecule has 1 saturated heterocycles. The molecule has 28 heavy (non-hydrogen) atoms. The van der Waals surface area contributed by atoms with Gasteiger partial charge in [-0.3, -0.25) is 0 Å². The van der Waals surface area contributed by atoms with Crippen LogP contribution < -0.4 is 9.47 Å². The maximum Gasteiger partial charge on any atom is 0.246 e. The van der Waals surface area contributed by atoms with Crippen molar-refractivity contribution >= 4 is 20.9 Å². The number of fused-ring (bicyclic) bond motifs is 1. The number of para-hydroxylation sites is 1. The van der Waals surface area contributed by atoms with Gasteiger partial charge in [-0.05, 0) is 36.8 Å². The number of halogens is 1. The largest absolute Gasteiger partial charge is 0.495 e. The van der Waals surface area contributed by atoms with E-state index in [4.69, 9.17) is 9.47 Å². The highest BCUT2D eigenvalue weighted by atomic mass is 32.2. The third-order valence-corrected chi connectivity index (χ3v) is 6.60. The van der Waals surface area contributed by atoms with Crippen LogP contribution in [-0.4, -0.2) is 44.0 Å². The Balaban J connectivity index is 1.52. The third-order valence-electron chi connectivity index (χ3n) is 4.71. The molecular formula is C20H19FN2O4S. The zero-order valence-corrected chi connectivity index (χ0v) is 16.0. The first-order chi connectivity index (χ1) is 13.5. The monoisotopic (exact) mass is 402 g/mol. The molecule has 3 aromatic rings. The molecule has 0 aliphatic carbocycles. The fourth-order valence-electron chi connectivity index (χ4n) is 3.29. The minimum atomic E-state index is -3.90. The first kappa shape index (κ1) is 18.6. The lowest BCUT2D eigenvalue weighted by atomic mass is 10.2. The van der Waals surface area contributed by atoms with Gasteiger partial charge in [0, 0.05) is 18.0 Å². The van der Waals surface area contributed by atoms with Gasteiger partial charge in [0.1, 0.15) is 22.6 Å². The molecule has 2 heterocycles. The van der Waals surface area contributed by atoms with E-state index >= 15 is 0 Å². The molecule has 1 aliphatic heterocycles. The Kier molecular flexibility index (Phi) is 4.91. The topological polar surface area (TPSA) is 68.7 Å². The van der Waals surface area contributed by atoms with Gasteiger partial charge in [-0.25, -0.2) is 17.8 Å². The van der Waals surface area contributed by atoms with E-state index in [-0.39, 0.29) is 29.8 Å². The summed E-state index contributed by atoms with van der Waals surface area (Å²) < 4.78 is 51.8. The molecule has 0 amide bonds. The summed E-state index contributed by atoms with van der Waals surface area (Å²) in [5, 5.41) is 1.00. The minimum Gasteiger partial charge on any atom is -0.495 e. The van der Waals surface area contributed by atoms with Crippen molar-refractivity contribution in [1.82, 2.24) is 9.29 Å². The summed E-state index contributed by atoms with van der Waals surface area (Å²) >= 11 is 0. The normalized spacial score (nSPS) is 17.7. The van der Waals surface area contributed by atoms with Crippen molar-refractivity contribution in [3.8, 4) is 11.6 Å². The molecule has 6 nitrogen and oxygen atoms in total. The standard InChI is InChI=1S/C20H19FN2O4S/c1-26-18-8-7-15(21)12-19(18)28(24,25)23-11-10-16(13-23)27-20-9-6-14-4-2-3-5-17(14)22-20/h2-9,12,16H,10-11,13H2,1H3/t16-/m0/s1. The lowest BCUT2D eigenvalue weighted by Crippen LogP contribution is -2.31. The van der Waals surface area contributed by atoms with Gasteiger partial charge in [0.2, 0.25) is 15.9 Å². The van der Waals surface area contributed by atoms with E-state index in [1.807, 2.05) is 30.3 Å². The van der Waals surface area contributed by atoms with Crippen molar-refractivity contribution in [1.29, 1.82) is 0 Å². The van der Waals surface area contributed by atoms with Crippen LogP contribution in [0.4, 0.5) is 4.39 Å². The molecular weight excluding hydrogens is 383 g/mol. The summed E-state index contributed by atoms with van der Waals surface area (Å²) in [6.45, 7) is 0.441. The summed E-state index contributed by atoms with van der Waals surface area (Å²) in [7, 11) is -2.54. The zero-order chi connectivity index (χ0) is 19.7. The zero-order valence-electron chi connectivity index (χ0n) is 15.2. The molecule has 0 bridgehead atoms. The number of sulfonamides is 1. The van der Waals surface area contributed by atoms with E-state index in [1.54, 1.807) is 6.07 Å². The van der Waals surface area contributed by atoms with Crippen LogP contribution in [-0.2, 0) is 10.0 Å². The van der Waals surface area contributed by atoms with Crippen molar-refractivity contribution in [2.24, 2.45) is 0 Å². The highest BCUT2D eigenvalue weighted by molar-refractivity contribution is 7.89. The van der Waals surface area contributed by atoms with Gasteiger partial charge < -0.3 is 9.47 Å². The molecule has 1 atom stereocenters. The van der Waals surface area contributed by atoms with Crippen molar-refractivity contribution in [3.05, 3.63) is 60.4 Å². The molecule has 8 heteroatoms. The lowest BCUT2D eigenvalue weighted by molar-refractivity contribution is 0.207. The Bertz CT molecular complexity index is 1120. The molecule has 4 rings (SSSR count). The number of pyridine rings is 1. The van der Waals surface area contributed by atoms with Crippen LogP contribution in [0, 0.1) is 5.82 Å². The number of hydrogen-bond acceptors (Lipinski definition) is 5. The number of methoxy groups -OCH3 is 1. The van der Waals surface area contributed by atoms with Crippen molar-refractivity contribution in [3.63, 3.8) is 0 Å². The van der Waals surface area contributed by atoms with Crippen molar-refractivity contribution < 1.29 is 22.3 Å². The molecule has 0 spiro atoms. The Labute approximate surface area is 162 Å². The van der Waals surface area contributed by atoms with E-state index in [0.717, 1.165) is 17.0 Å². The van der Waals surface area contributed by atoms with Gasteiger partial charge in [-0.2, -0.15) is 4.31 Å². The number of hydrogen-bond donors (Lipinski definition) is 0. The van der Waals surface area contributed by atoms with Crippen LogP contribution in [0.2, 0.25) is 0 Å². The predicted octanol–water partition coefficient (Wildman–Crippen LogP) is 3.22. The van der Waals surface area contributed by atoms with Crippen LogP contribution in [0.3, 0.4) is 0 Å². The minimum absolute atomic E-state index is 0.113. The summed E-state index contributed by atoms with van der Waals surface area (Å²) in [6, 6.07) is 14.8.